The Balaban J connectivity index is 1.95. The molecule has 106 valence electrons. The first-order chi connectivity index (χ1) is 9.69. The van der Waals surface area contributed by atoms with Gasteiger partial charge in [0.05, 0.1) is 0 Å². The summed E-state index contributed by atoms with van der Waals surface area (Å²) in [6, 6.07) is 3.68. The summed E-state index contributed by atoms with van der Waals surface area (Å²) in [6.45, 7) is 4.13. The quantitative estimate of drug-likeness (QED) is 0.634. The van der Waals surface area contributed by atoms with Gasteiger partial charge < -0.3 is 15.0 Å². The van der Waals surface area contributed by atoms with Crippen molar-refractivity contribution in [1.82, 2.24) is 14.6 Å². The van der Waals surface area contributed by atoms with Gasteiger partial charge in [0.2, 0.25) is 5.65 Å². The highest BCUT2D eigenvalue weighted by molar-refractivity contribution is 5.49. The van der Waals surface area contributed by atoms with Gasteiger partial charge in [-0.2, -0.15) is 0 Å². The number of nitrogens with zero attached hydrogens (tertiary/aromatic N) is 5. The number of fused-ring (bicyclic) bond motifs is 1. The van der Waals surface area contributed by atoms with Crippen LogP contribution < -0.4 is 4.90 Å². The summed E-state index contributed by atoms with van der Waals surface area (Å²) in [4.78, 5) is 16.7. The predicted octanol–water partition coefficient (Wildman–Crippen LogP) is 2.26. The van der Waals surface area contributed by atoms with Crippen LogP contribution in [0.4, 0.5) is 11.6 Å². The number of hydrogen-bond acceptors (Lipinski definition) is 5. The van der Waals surface area contributed by atoms with Crippen molar-refractivity contribution in [2.75, 3.05) is 18.0 Å². The molecule has 0 radical (unpaired) electrons. The average molecular weight is 275 g/mol. The molecule has 0 bridgehead atoms. The van der Waals surface area contributed by atoms with Gasteiger partial charge in [-0.1, -0.05) is 23.0 Å². The maximum absolute atomic E-state index is 11.0. The van der Waals surface area contributed by atoms with Crippen LogP contribution in [0, 0.1) is 16.0 Å². The normalized spacial score (nSPS) is 19.4. The van der Waals surface area contributed by atoms with Gasteiger partial charge in [-0.15, -0.1) is 0 Å². The van der Waals surface area contributed by atoms with E-state index in [4.69, 9.17) is 0 Å². The Hall–Kier alpha value is -2.18. The standard InChI is InChI=1S/C13H17N5O2/c1-2-10-4-3-7-16(9-10)12-6-5-11-14-8-13(18(19)20)17(11)15-12/h5-6,8,10H,2-4,7,9H2,1H3/t10-/m0/s1. The number of aromatic nitrogens is 3. The average Bonchev–Trinajstić information content (AvgIpc) is 2.90. The highest BCUT2D eigenvalue weighted by atomic mass is 16.6. The highest BCUT2D eigenvalue weighted by Gasteiger charge is 2.22. The second-order valence-corrected chi connectivity index (χ2v) is 5.20. The molecule has 0 unspecified atom stereocenters. The van der Waals surface area contributed by atoms with E-state index in [-0.39, 0.29) is 5.82 Å². The SMILES string of the molecule is CC[C@H]1CCCN(c2ccc3ncc([N+](=O)[O-])n3n2)C1. The molecule has 7 heteroatoms. The molecule has 0 amide bonds. The summed E-state index contributed by atoms with van der Waals surface area (Å²) in [6.07, 6.45) is 4.80. The lowest BCUT2D eigenvalue weighted by Crippen LogP contribution is -2.35. The molecule has 0 spiro atoms. The Morgan fingerprint density at radius 2 is 2.35 bits per heavy atom. The van der Waals surface area contributed by atoms with Crippen molar-refractivity contribution in [3.05, 3.63) is 28.4 Å². The van der Waals surface area contributed by atoms with E-state index in [9.17, 15) is 10.1 Å². The van der Waals surface area contributed by atoms with E-state index in [0.29, 0.717) is 11.6 Å². The van der Waals surface area contributed by atoms with E-state index >= 15 is 0 Å². The molecule has 0 saturated carbocycles. The third-order valence-corrected chi connectivity index (χ3v) is 3.94. The van der Waals surface area contributed by atoms with Crippen molar-refractivity contribution >= 4 is 17.3 Å². The first kappa shape index (κ1) is 12.8. The predicted molar refractivity (Wildman–Crippen MR) is 74.9 cm³/mol. The summed E-state index contributed by atoms with van der Waals surface area (Å²) in [5.74, 6) is 1.38. The van der Waals surface area contributed by atoms with Crippen molar-refractivity contribution < 1.29 is 4.92 Å². The fourth-order valence-corrected chi connectivity index (χ4v) is 2.75. The van der Waals surface area contributed by atoms with Crippen LogP contribution in [-0.2, 0) is 0 Å². The van der Waals surface area contributed by atoms with Crippen molar-refractivity contribution in [3.8, 4) is 0 Å². The van der Waals surface area contributed by atoms with Gasteiger partial charge >= 0.3 is 5.82 Å². The highest BCUT2D eigenvalue weighted by Crippen LogP contribution is 2.24. The van der Waals surface area contributed by atoms with Gasteiger partial charge in [-0.3, -0.25) is 0 Å². The van der Waals surface area contributed by atoms with Crippen LogP contribution in [0.25, 0.3) is 5.65 Å². The van der Waals surface area contributed by atoms with Crippen molar-refractivity contribution in [3.63, 3.8) is 0 Å². The zero-order valence-corrected chi connectivity index (χ0v) is 11.4. The lowest BCUT2D eigenvalue weighted by Gasteiger charge is -2.32. The molecule has 0 N–H and O–H groups in total. The van der Waals surface area contributed by atoms with Gasteiger partial charge in [0, 0.05) is 19.2 Å². The van der Waals surface area contributed by atoms with Crippen molar-refractivity contribution in [1.29, 1.82) is 0 Å². The topological polar surface area (TPSA) is 76.6 Å². The molecule has 3 heterocycles. The molecule has 0 aromatic carbocycles. The minimum atomic E-state index is -0.457. The van der Waals surface area contributed by atoms with Gasteiger partial charge in [0.1, 0.15) is 6.20 Å². The van der Waals surface area contributed by atoms with E-state index < -0.39 is 4.92 Å². The van der Waals surface area contributed by atoms with Gasteiger partial charge in [0.15, 0.2) is 5.82 Å². The van der Waals surface area contributed by atoms with Crippen LogP contribution in [0.2, 0.25) is 0 Å². The molecule has 2 aromatic rings. The number of hydrogen-bond donors (Lipinski definition) is 0. The molecular formula is C13H17N5O2. The van der Waals surface area contributed by atoms with Crippen molar-refractivity contribution in [2.24, 2.45) is 5.92 Å². The van der Waals surface area contributed by atoms with E-state index in [2.05, 4.69) is 21.9 Å². The molecule has 1 saturated heterocycles. The van der Waals surface area contributed by atoms with Crippen LogP contribution in [0.1, 0.15) is 26.2 Å². The van der Waals surface area contributed by atoms with Gasteiger partial charge in [0.25, 0.3) is 0 Å². The van der Waals surface area contributed by atoms with E-state index in [1.54, 1.807) is 6.07 Å². The fraction of sp³-hybridized carbons (Fsp3) is 0.538. The number of nitro groups is 1. The zero-order valence-electron chi connectivity index (χ0n) is 11.4. The summed E-state index contributed by atoms with van der Waals surface area (Å²) in [5.41, 5.74) is 0.504. The lowest BCUT2D eigenvalue weighted by atomic mass is 9.96. The number of anilines is 1. The molecule has 20 heavy (non-hydrogen) atoms. The lowest BCUT2D eigenvalue weighted by molar-refractivity contribution is -0.391. The van der Waals surface area contributed by atoms with E-state index in [1.165, 1.54) is 17.1 Å². The Morgan fingerprint density at radius 3 is 3.10 bits per heavy atom. The van der Waals surface area contributed by atoms with Crippen LogP contribution in [0.15, 0.2) is 18.3 Å². The number of rotatable bonds is 3. The second-order valence-electron chi connectivity index (χ2n) is 5.20. The summed E-state index contributed by atoms with van der Waals surface area (Å²) in [5, 5.41) is 15.3. The molecule has 3 rings (SSSR count). The minimum absolute atomic E-state index is 0.0918. The van der Waals surface area contributed by atoms with Crippen LogP contribution in [0.5, 0.6) is 0 Å². The monoisotopic (exact) mass is 275 g/mol. The molecule has 7 nitrogen and oxygen atoms in total. The summed E-state index contributed by atoms with van der Waals surface area (Å²) in [7, 11) is 0. The van der Waals surface area contributed by atoms with Crippen LogP contribution >= 0.6 is 0 Å². The molecule has 1 aliphatic rings. The number of piperidine rings is 1. The van der Waals surface area contributed by atoms with Gasteiger partial charge in [-0.05, 0) is 29.7 Å². The Kier molecular flexibility index (Phi) is 3.25. The Labute approximate surface area is 116 Å². The smallest absolute Gasteiger partial charge is 0.358 e. The molecule has 2 aromatic heterocycles. The zero-order chi connectivity index (χ0) is 14.1. The van der Waals surface area contributed by atoms with Crippen molar-refractivity contribution in [2.45, 2.75) is 26.2 Å². The maximum Gasteiger partial charge on any atom is 0.368 e. The molecule has 1 fully saturated rings. The van der Waals surface area contributed by atoms with Crippen LogP contribution in [-0.4, -0.2) is 32.6 Å². The Bertz CT molecular complexity index is 639. The first-order valence-corrected chi connectivity index (χ1v) is 6.93. The summed E-state index contributed by atoms with van der Waals surface area (Å²) >= 11 is 0. The first-order valence-electron chi connectivity index (χ1n) is 6.93. The van der Waals surface area contributed by atoms with E-state index in [0.717, 1.165) is 31.7 Å². The largest absolute Gasteiger partial charge is 0.368 e. The second kappa shape index (κ2) is 5.07. The molecule has 0 aliphatic carbocycles. The van der Waals surface area contributed by atoms with Crippen LogP contribution in [0.3, 0.4) is 0 Å². The third-order valence-electron chi connectivity index (χ3n) is 3.94. The van der Waals surface area contributed by atoms with Gasteiger partial charge in [-0.25, -0.2) is 4.98 Å². The molecular weight excluding hydrogens is 258 g/mol. The van der Waals surface area contributed by atoms with E-state index in [1.807, 2.05) is 6.07 Å². The third kappa shape index (κ3) is 2.19. The number of imidazole rings is 1. The maximum atomic E-state index is 11.0. The minimum Gasteiger partial charge on any atom is -0.358 e. The Morgan fingerprint density at radius 1 is 1.50 bits per heavy atom. The molecule has 1 aliphatic heterocycles. The molecule has 1 atom stereocenters. The fourth-order valence-electron chi connectivity index (χ4n) is 2.75. The summed E-state index contributed by atoms with van der Waals surface area (Å²) < 4.78 is 1.31.